The standard InChI is InChI=1S/C13H12N2OS/c1-9-6-10(16)2-5-13(9)15-8-12-4-3-11(7-14)17-12/h2-6,15-16H,8H2,1H3. The second-order valence-electron chi connectivity index (χ2n) is 3.73. The van der Waals surface area contributed by atoms with Crippen LogP contribution < -0.4 is 5.32 Å². The maximum Gasteiger partial charge on any atom is 0.115 e. The summed E-state index contributed by atoms with van der Waals surface area (Å²) in [5.41, 5.74) is 2.00. The lowest BCUT2D eigenvalue weighted by atomic mass is 10.2. The van der Waals surface area contributed by atoms with Crippen molar-refractivity contribution >= 4 is 17.0 Å². The molecule has 0 saturated carbocycles. The van der Waals surface area contributed by atoms with Crippen LogP contribution in [0.25, 0.3) is 0 Å². The van der Waals surface area contributed by atoms with Gasteiger partial charge in [0.1, 0.15) is 16.7 Å². The van der Waals surface area contributed by atoms with E-state index in [0.717, 1.165) is 21.0 Å². The van der Waals surface area contributed by atoms with Crippen molar-refractivity contribution in [3.8, 4) is 11.8 Å². The first-order valence-corrected chi connectivity index (χ1v) is 6.03. The summed E-state index contributed by atoms with van der Waals surface area (Å²) in [7, 11) is 0. The van der Waals surface area contributed by atoms with E-state index in [1.165, 1.54) is 11.3 Å². The Morgan fingerprint density at radius 1 is 1.35 bits per heavy atom. The van der Waals surface area contributed by atoms with E-state index in [1.54, 1.807) is 12.1 Å². The van der Waals surface area contributed by atoms with Gasteiger partial charge < -0.3 is 10.4 Å². The summed E-state index contributed by atoms with van der Waals surface area (Å²) < 4.78 is 0. The number of thiophene rings is 1. The highest BCUT2D eigenvalue weighted by Crippen LogP contribution is 2.22. The molecule has 4 heteroatoms. The summed E-state index contributed by atoms with van der Waals surface area (Å²) in [5.74, 6) is 0.274. The van der Waals surface area contributed by atoms with Gasteiger partial charge in [-0.1, -0.05) is 0 Å². The SMILES string of the molecule is Cc1cc(O)ccc1NCc1ccc(C#N)s1. The third kappa shape index (κ3) is 2.77. The van der Waals surface area contributed by atoms with Crippen molar-refractivity contribution in [2.45, 2.75) is 13.5 Å². The van der Waals surface area contributed by atoms with Crippen LogP contribution in [0.5, 0.6) is 5.75 Å². The van der Waals surface area contributed by atoms with Gasteiger partial charge in [-0.05, 0) is 42.8 Å². The van der Waals surface area contributed by atoms with E-state index in [9.17, 15) is 5.11 Å². The lowest BCUT2D eigenvalue weighted by Crippen LogP contribution is -1.98. The number of aryl methyl sites for hydroxylation is 1. The van der Waals surface area contributed by atoms with Gasteiger partial charge in [0, 0.05) is 17.1 Å². The topological polar surface area (TPSA) is 56.0 Å². The number of nitrogens with zero attached hydrogens (tertiary/aromatic N) is 1. The van der Waals surface area contributed by atoms with E-state index >= 15 is 0 Å². The van der Waals surface area contributed by atoms with Crippen molar-refractivity contribution in [1.29, 1.82) is 5.26 Å². The highest BCUT2D eigenvalue weighted by atomic mass is 32.1. The maximum atomic E-state index is 9.30. The monoisotopic (exact) mass is 244 g/mol. The zero-order chi connectivity index (χ0) is 12.3. The molecule has 0 bridgehead atoms. The number of nitrogens with one attached hydrogen (secondary N) is 1. The molecule has 0 amide bonds. The van der Waals surface area contributed by atoms with Crippen molar-refractivity contribution in [2.24, 2.45) is 0 Å². The van der Waals surface area contributed by atoms with Crippen LogP contribution in [0.15, 0.2) is 30.3 Å². The number of rotatable bonds is 3. The van der Waals surface area contributed by atoms with Crippen LogP contribution in [0.1, 0.15) is 15.3 Å². The van der Waals surface area contributed by atoms with Crippen LogP contribution in [-0.2, 0) is 6.54 Å². The Hall–Kier alpha value is -1.99. The first-order valence-electron chi connectivity index (χ1n) is 5.21. The van der Waals surface area contributed by atoms with Crippen molar-refractivity contribution in [2.75, 3.05) is 5.32 Å². The molecule has 0 aliphatic carbocycles. The van der Waals surface area contributed by atoms with Gasteiger partial charge in [0.25, 0.3) is 0 Å². The molecule has 1 aromatic heterocycles. The molecule has 0 spiro atoms. The molecule has 2 aromatic rings. The summed E-state index contributed by atoms with van der Waals surface area (Å²) in [6.45, 7) is 2.63. The van der Waals surface area contributed by atoms with Gasteiger partial charge in [-0.15, -0.1) is 11.3 Å². The number of hydrogen-bond donors (Lipinski definition) is 2. The highest BCUT2D eigenvalue weighted by molar-refractivity contribution is 7.12. The number of hydrogen-bond acceptors (Lipinski definition) is 4. The summed E-state index contributed by atoms with van der Waals surface area (Å²) in [5, 5.41) is 21.3. The summed E-state index contributed by atoms with van der Waals surface area (Å²) in [6.07, 6.45) is 0. The van der Waals surface area contributed by atoms with Crippen molar-refractivity contribution in [1.82, 2.24) is 0 Å². The fourth-order valence-corrected chi connectivity index (χ4v) is 2.31. The molecule has 17 heavy (non-hydrogen) atoms. The molecule has 0 atom stereocenters. The van der Waals surface area contributed by atoms with Gasteiger partial charge in [0.05, 0.1) is 0 Å². The fraction of sp³-hybridized carbons (Fsp3) is 0.154. The van der Waals surface area contributed by atoms with Gasteiger partial charge in [-0.2, -0.15) is 5.26 Å². The molecule has 1 aromatic carbocycles. The van der Waals surface area contributed by atoms with E-state index in [2.05, 4.69) is 11.4 Å². The van der Waals surface area contributed by atoms with Gasteiger partial charge in [0.15, 0.2) is 0 Å². The van der Waals surface area contributed by atoms with Crippen molar-refractivity contribution in [3.63, 3.8) is 0 Å². The maximum absolute atomic E-state index is 9.30. The molecule has 2 rings (SSSR count). The molecule has 3 nitrogen and oxygen atoms in total. The van der Waals surface area contributed by atoms with Crippen LogP contribution in [0, 0.1) is 18.3 Å². The second kappa shape index (κ2) is 4.89. The van der Waals surface area contributed by atoms with Crippen molar-refractivity contribution in [3.05, 3.63) is 45.6 Å². The molecule has 0 saturated heterocycles. The number of phenolic OH excluding ortho intramolecular Hbond substituents is 1. The zero-order valence-corrected chi connectivity index (χ0v) is 10.2. The van der Waals surface area contributed by atoms with Crippen LogP contribution in [0.3, 0.4) is 0 Å². The molecular formula is C13H12N2OS. The number of anilines is 1. The van der Waals surface area contributed by atoms with Crippen LogP contribution in [0.2, 0.25) is 0 Å². The first kappa shape index (κ1) is 11.5. The molecule has 86 valence electrons. The van der Waals surface area contributed by atoms with Gasteiger partial charge in [-0.25, -0.2) is 0 Å². The Morgan fingerprint density at radius 3 is 2.82 bits per heavy atom. The zero-order valence-electron chi connectivity index (χ0n) is 9.40. The molecule has 0 unspecified atom stereocenters. The van der Waals surface area contributed by atoms with E-state index < -0.39 is 0 Å². The number of nitriles is 1. The minimum absolute atomic E-state index is 0.274. The Morgan fingerprint density at radius 2 is 2.18 bits per heavy atom. The third-order valence-corrected chi connectivity index (χ3v) is 3.42. The summed E-state index contributed by atoms with van der Waals surface area (Å²) in [4.78, 5) is 1.85. The highest BCUT2D eigenvalue weighted by Gasteiger charge is 2.01. The lowest BCUT2D eigenvalue weighted by Gasteiger charge is -2.08. The lowest BCUT2D eigenvalue weighted by molar-refractivity contribution is 0.475. The molecule has 0 aliphatic rings. The molecule has 0 radical (unpaired) electrons. The van der Waals surface area contributed by atoms with Crippen LogP contribution >= 0.6 is 11.3 Å². The third-order valence-electron chi connectivity index (χ3n) is 2.43. The molecule has 0 fully saturated rings. The Bertz CT molecular complexity index is 569. The number of benzene rings is 1. The number of aromatic hydroxyl groups is 1. The van der Waals surface area contributed by atoms with E-state index in [4.69, 9.17) is 5.26 Å². The van der Waals surface area contributed by atoms with E-state index in [1.807, 2.05) is 25.1 Å². The average molecular weight is 244 g/mol. The second-order valence-corrected chi connectivity index (χ2v) is 4.90. The van der Waals surface area contributed by atoms with Gasteiger partial charge in [0.2, 0.25) is 0 Å². The predicted octanol–water partition coefficient (Wildman–Crippen LogP) is 3.25. The van der Waals surface area contributed by atoms with Gasteiger partial charge in [-0.3, -0.25) is 0 Å². The predicted molar refractivity (Wildman–Crippen MR) is 69.2 cm³/mol. The van der Waals surface area contributed by atoms with Crippen LogP contribution in [-0.4, -0.2) is 5.11 Å². The first-order chi connectivity index (χ1) is 8.19. The molecule has 2 N–H and O–H groups in total. The Kier molecular flexibility index (Phi) is 3.31. The smallest absolute Gasteiger partial charge is 0.115 e. The molecular weight excluding hydrogens is 232 g/mol. The van der Waals surface area contributed by atoms with Gasteiger partial charge >= 0.3 is 0 Å². The minimum atomic E-state index is 0.274. The Labute approximate surface area is 104 Å². The normalized spacial score (nSPS) is 9.88. The quantitative estimate of drug-likeness (QED) is 0.815. The summed E-state index contributed by atoms with van der Waals surface area (Å²) >= 11 is 1.49. The molecule has 1 heterocycles. The number of phenols is 1. The van der Waals surface area contributed by atoms with E-state index in [0.29, 0.717) is 6.54 Å². The Balaban J connectivity index is 2.05. The molecule has 0 aliphatic heterocycles. The van der Waals surface area contributed by atoms with Crippen molar-refractivity contribution < 1.29 is 5.11 Å². The summed E-state index contributed by atoms with van der Waals surface area (Å²) in [6, 6.07) is 11.1. The fourth-order valence-electron chi connectivity index (χ4n) is 1.56. The largest absolute Gasteiger partial charge is 0.508 e. The van der Waals surface area contributed by atoms with E-state index in [-0.39, 0.29) is 5.75 Å². The average Bonchev–Trinajstić information content (AvgIpc) is 2.76. The van der Waals surface area contributed by atoms with Crippen LogP contribution in [0.4, 0.5) is 5.69 Å². The minimum Gasteiger partial charge on any atom is -0.508 e.